The van der Waals surface area contributed by atoms with Crippen LogP contribution in [0.4, 0.5) is 0 Å². The molecule has 0 fully saturated rings. The molecule has 0 aliphatic carbocycles. The fourth-order valence-corrected chi connectivity index (χ4v) is 1.53. The monoisotopic (exact) mass is 206 g/mol. The number of aliphatic hydroxyl groups is 1. The summed E-state index contributed by atoms with van der Waals surface area (Å²) in [6.07, 6.45) is 0.921. The van der Waals surface area contributed by atoms with Crippen molar-refractivity contribution < 1.29 is 17.7 Å². The zero-order valence-electron chi connectivity index (χ0n) is 6.62. The number of aliphatic hydroxyl groups excluding tert-OH is 1. The molecular formula is C6H15NaO4S. The molecule has 0 bridgehead atoms. The van der Waals surface area contributed by atoms with Crippen molar-refractivity contribution in [3.63, 3.8) is 0 Å². The fourth-order valence-electron chi connectivity index (χ4n) is 0.511. The fraction of sp³-hybridized carbons (Fsp3) is 1.00. The van der Waals surface area contributed by atoms with E-state index in [1.54, 1.807) is 0 Å². The number of rotatable bonds is 6. The Morgan fingerprint density at radius 3 is 2.42 bits per heavy atom. The Bertz CT molecular complexity index is 164. The molecule has 0 aliphatic heterocycles. The van der Waals surface area contributed by atoms with E-state index in [2.05, 4.69) is 4.18 Å². The second kappa shape index (κ2) is 8.47. The Kier molecular flexibility index (Phi) is 10.8. The van der Waals surface area contributed by atoms with Gasteiger partial charge in [-0.1, -0.05) is 6.92 Å². The standard InChI is InChI=1S/C6H14O4S.Na.H/c1-2-5-10-11(8,9)6-3-4-7;;/h7H,2-6H2,1H3;;. The van der Waals surface area contributed by atoms with E-state index in [0.717, 1.165) is 0 Å². The maximum absolute atomic E-state index is 10.8. The summed E-state index contributed by atoms with van der Waals surface area (Å²) in [6, 6.07) is 0. The van der Waals surface area contributed by atoms with Crippen molar-refractivity contribution >= 4 is 39.7 Å². The molecule has 0 saturated heterocycles. The molecule has 12 heavy (non-hydrogen) atoms. The van der Waals surface area contributed by atoms with Gasteiger partial charge in [-0.15, -0.1) is 0 Å². The summed E-state index contributed by atoms with van der Waals surface area (Å²) in [5, 5.41) is 8.34. The van der Waals surface area contributed by atoms with Gasteiger partial charge in [0.1, 0.15) is 0 Å². The molecule has 4 nitrogen and oxygen atoms in total. The van der Waals surface area contributed by atoms with Gasteiger partial charge >= 0.3 is 29.6 Å². The predicted molar refractivity (Wildman–Crippen MR) is 48.9 cm³/mol. The van der Waals surface area contributed by atoms with Crippen molar-refractivity contribution in [2.24, 2.45) is 0 Å². The molecule has 6 heteroatoms. The molecule has 0 rings (SSSR count). The van der Waals surface area contributed by atoms with Gasteiger partial charge in [0.05, 0.1) is 12.4 Å². The second-order valence-electron chi connectivity index (χ2n) is 2.16. The van der Waals surface area contributed by atoms with Crippen LogP contribution in [-0.2, 0) is 14.3 Å². The van der Waals surface area contributed by atoms with Gasteiger partial charge in [-0.2, -0.15) is 8.42 Å². The molecule has 0 unspecified atom stereocenters. The summed E-state index contributed by atoms with van der Waals surface area (Å²) < 4.78 is 26.2. The first kappa shape index (κ1) is 15.3. The van der Waals surface area contributed by atoms with Crippen molar-refractivity contribution in [3.8, 4) is 0 Å². The number of hydrogen-bond donors (Lipinski definition) is 1. The summed E-state index contributed by atoms with van der Waals surface area (Å²) >= 11 is 0. The van der Waals surface area contributed by atoms with Crippen LogP contribution in [0.15, 0.2) is 0 Å². The van der Waals surface area contributed by atoms with Gasteiger partial charge in [-0.3, -0.25) is 4.18 Å². The molecule has 0 heterocycles. The van der Waals surface area contributed by atoms with E-state index >= 15 is 0 Å². The van der Waals surface area contributed by atoms with E-state index < -0.39 is 10.1 Å². The molecule has 0 aliphatic rings. The van der Waals surface area contributed by atoms with Crippen molar-refractivity contribution in [3.05, 3.63) is 0 Å². The Morgan fingerprint density at radius 2 is 2.00 bits per heavy atom. The van der Waals surface area contributed by atoms with Crippen molar-refractivity contribution in [2.45, 2.75) is 19.8 Å². The maximum atomic E-state index is 10.8. The Balaban J connectivity index is 0. The van der Waals surface area contributed by atoms with Crippen LogP contribution in [0, 0.1) is 0 Å². The van der Waals surface area contributed by atoms with E-state index in [-0.39, 0.29) is 54.9 Å². The van der Waals surface area contributed by atoms with Crippen molar-refractivity contribution in [1.29, 1.82) is 0 Å². The minimum atomic E-state index is -3.37. The molecule has 0 aromatic carbocycles. The molecule has 0 radical (unpaired) electrons. The minimum absolute atomic E-state index is 0. The van der Waals surface area contributed by atoms with Crippen LogP contribution in [0.2, 0.25) is 0 Å². The third-order valence-electron chi connectivity index (χ3n) is 1.02. The third kappa shape index (κ3) is 8.96. The predicted octanol–water partition coefficient (Wildman–Crippen LogP) is -0.523. The van der Waals surface area contributed by atoms with Crippen LogP contribution in [0.5, 0.6) is 0 Å². The number of hydrogen-bond acceptors (Lipinski definition) is 4. The molecule has 1 N–H and O–H groups in total. The summed E-state index contributed by atoms with van der Waals surface area (Å²) in [5.74, 6) is -0.0938. The molecule has 0 saturated carbocycles. The van der Waals surface area contributed by atoms with E-state index in [4.69, 9.17) is 5.11 Å². The quantitative estimate of drug-likeness (QED) is 0.469. The van der Waals surface area contributed by atoms with Crippen LogP contribution >= 0.6 is 0 Å². The summed E-state index contributed by atoms with van der Waals surface area (Å²) in [7, 11) is -3.37. The van der Waals surface area contributed by atoms with Gasteiger partial charge in [0, 0.05) is 6.61 Å². The first-order valence-corrected chi connectivity index (χ1v) is 5.18. The average molecular weight is 206 g/mol. The molecule has 70 valence electrons. The average Bonchev–Trinajstić information content (AvgIpc) is 1.97. The normalized spacial score (nSPS) is 10.8. The van der Waals surface area contributed by atoms with Gasteiger partial charge in [0.2, 0.25) is 0 Å². The van der Waals surface area contributed by atoms with Crippen LogP contribution in [0.3, 0.4) is 0 Å². The van der Waals surface area contributed by atoms with E-state index in [1.807, 2.05) is 6.92 Å². The van der Waals surface area contributed by atoms with Crippen molar-refractivity contribution in [2.75, 3.05) is 19.0 Å². The van der Waals surface area contributed by atoms with Crippen molar-refractivity contribution in [1.82, 2.24) is 0 Å². The second-order valence-corrected chi connectivity index (χ2v) is 3.92. The van der Waals surface area contributed by atoms with Crippen LogP contribution in [0.1, 0.15) is 19.8 Å². The SMILES string of the molecule is CCCOS(=O)(=O)CCCO.[NaH]. The van der Waals surface area contributed by atoms with Gasteiger partial charge < -0.3 is 5.11 Å². The summed E-state index contributed by atoms with van der Waals surface area (Å²) in [5.41, 5.74) is 0. The Morgan fingerprint density at radius 1 is 1.42 bits per heavy atom. The summed E-state index contributed by atoms with van der Waals surface area (Å²) in [6.45, 7) is 1.95. The molecule has 0 aromatic rings. The van der Waals surface area contributed by atoms with Gasteiger partial charge in [0.25, 0.3) is 10.1 Å². The zero-order valence-corrected chi connectivity index (χ0v) is 7.43. The first-order valence-electron chi connectivity index (χ1n) is 3.60. The topological polar surface area (TPSA) is 63.6 Å². The molecule has 0 aromatic heterocycles. The first-order chi connectivity index (χ1) is 5.12. The Labute approximate surface area is 95.7 Å². The van der Waals surface area contributed by atoms with Crippen LogP contribution in [-0.4, -0.2) is 62.0 Å². The molecule has 0 spiro atoms. The van der Waals surface area contributed by atoms with Gasteiger partial charge in [0.15, 0.2) is 0 Å². The zero-order chi connectivity index (χ0) is 8.74. The Hall–Kier alpha value is 0.870. The van der Waals surface area contributed by atoms with Crippen LogP contribution in [0.25, 0.3) is 0 Å². The van der Waals surface area contributed by atoms with Crippen LogP contribution < -0.4 is 0 Å². The molecule has 0 atom stereocenters. The van der Waals surface area contributed by atoms with E-state index in [0.29, 0.717) is 6.42 Å². The van der Waals surface area contributed by atoms with E-state index in [9.17, 15) is 8.42 Å². The third-order valence-corrected chi connectivity index (χ3v) is 2.33. The van der Waals surface area contributed by atoms with Gasteiger partial charge in [-0.05, 0) is 12.8 Å². The summed E-state index contributed by atoms with van der Waals surface area (Å²) in [4.78, 5) is 0. The molecule has 0 amide bonds. The van der Waals surface area contributed by atoms with Gasteiger partial charge in [-0.25, -0.2) is 0 Å². The van der Waals surface area contributed by atoms with E-state index in [1.165, 1.54) is 0 Å². The molecular weight excluding hydrogens is 191 g/mol.